The van der Waals surface area contributed by atoms with Crippen LogP contribution in [0.5, 0.6) is 0 Å². The van der Waals surface area contributed by atoms with Gasteiger partial charge in [-0.1, -0.05) is 72.8 Å². The lowest BCUT2D eigenvalue weighted by Gasteiger charge is -2.32. The van der Waals surface area contributed by atoms with Crippen molar-refractivity contribution in [3.05, 3.63) is 107 Å². The van der Waals surface area contributed by atoms with Gasteiger partial charge in [0, 0.05) is 44.8 Å². The summed E-state index contributed by atoms with van der Waals surface area (Å²) in [4.78, 5) is 30.5. The summed E-state index contributed by atoms with van der Waals surface area (Å²) >= 11 is 0. The predicted molar refractivity (Wildman–Crippen MR) is 139 cm³/mol. The van der Waals surface area contributed by atoms with Gasteiger partial charge in [-0.25, -0.2) is 0 Å². The van der Waals surface area contributed by atoms with E-state index < -0.39 is 6.04 Å². The molecule has 182 valence electrons. The second kappa shape index (κ2) is 12.3. The standard InChI is InChI=1S/C29H34N4O2/c1-32-15-17-33(18-16-32)22-24-10-8-9-23(19-24)21-30-28(34)20-27(25-11-4-2-5-12-25)31-29(35)26-13-6-3-7-14-26/h2-14,19,27H,15-18,20-22H2,1H3,(H,30,34)(H,31,35). The van der Waals surface area contributed by atoms with Gasteiger partial charge in [0.25, 0.3) is 5.91 Å². The van der Waals surface area contributed by atoms with Crippen LogP contribution in [0.1, 0.15) is 39.5 Å². The minimum atomic E-state index is -0.410. The van der Waals surface area contributed by atoms with Crippen LogP contribution in [0.2, 0.25) is 0 Å². The molecule has 35 heavy (non-hydrogen) atoms. The van der Waals surface area contributed by atoms with Gasteiger partial charge in [-0.3, -0.25) is 14.5 Å². The Hall–Kier alpha value is -3.48. The van der Waals surface area contributed by atoms with Crippen molar-refractivity contribution in [2.45, 2.75) is 25.6 Å². The van der Waals surface area contributed by atoms with E-state index in [2.05, 4.69) is 45.7 Å². The third-order valence-corrected chi connectivity index (χ3v) is 6.42. The van der Waals surface area contributed by atoms with Crippen molar-refractivity contribution in [1.82, 2.24) is 20.4 Å². The highest BCUT2D eigenvalue weighted by Gasteiger charge is 2.19. The Bertz CT molecular complexity index is 1100. The quantitative estimate of drug-likeness (QED) is 0.502. The maximum Gasteiger partial charge on any atom is 0.251 e. The minimum Gasteiger partial charge on any atom is -0.352 e. The average molecular weight is 471 g/mol. The molecule has 1 unspecified atom stereocenters. The van der Waals surface area contributed by atoms with Crippen molar-refractivity contribution in [2.75, 3.05) is 33.2 Å². The number of rotatable bonds is 9. The second-order valence-electron chi connectivity index (χ2n) is 9.18. The van der Waals surface area contributed by atoms with Gasteiger partial charge in [0.1, 0.15) is 0 Å². The lowest BCUT2D eigenvalue weighted by molar-refractivity contribution is -0.121. The largest absolute Gasteiger partial charge is 0.352 e. The highest BCUT2D eigenvalue weighted by molar-refractivity contribution is 5.94. The van der Waals surface area contributed by atoms with Gasteiger partial charge in [-0.05, 0) is 35.9 Å². The molecule has 2 N–H and O–H groups in total. The molecular formula is C29H34N4O2. The van der Waals surface area contributed by atoms with Gasteiger partial charge in [0.15, 0.2) is 0 Å². The average Bonchev–Trinajstić information content (AvgIpc) is 2.90. The summed E-state index contributed by atoms with van der Waals surface area (Å²) in [7, 11) is 2.16. The fourth-order valence-electron chi connectivity index (χ4n) is 4.33. The first-order valence-corrected chi connectivity index (χ1v) is 12.2. The Morgan fingerprint density at radius 1 is 0.829 bits per heavy atom. The van der Waals surface area contributed by atoms with Crippen LogP contribution in [0.3, 0.4) is 0 Å². The maximum absolute atomic E-state index is 12.9. The van der Waals surface area contributed by atoms with Crippen LogP contribution in [0.15, 0.2) is 84.9 Å². The van der Waals surface area contributed by atoms with E-state index in [1.165, 1.54) is 5.56 Å². The normalized spacial score (nSPS) is 15.3. The lowest BCUT2D eigenvalue weighted by Crippen LogP contribution is -2.43. The molecule has 1 heterocycles. The van der Waals surface area contributed by atoms with Crippen LogP contribution in [0, 0.1) is 0 Å². The molecule has 3 aromatic carbocycles. The summed E-state index contributed by atoms with van der Waals surface area (Å²) in [5.41, 5.74) is 3.82. The van der Waals surface area contributed by atoms with E-state index in [4.69, 9.17) is 0 Å². The zero-order valence-corrected chi connectivity index (χ0v) is 20.3. The van der Waals surface area contributed by atoms with Crippen molar-refractivity contribution in [3.8, 4) is 0 Å². The van der Waals surface area contributed by atoms with E-state index in [1.54, 1.807) is 12.1 Å². The van der Waals surface area contributed by atoms with E-state index >= 15 is 0 Å². The maximum atomic E-state index is 12.9. The van der Waals surface area contributed by atoms with Gasteiger partial charge < -0.3 is 15.5 Å². The minimum absolute atomic E-state index is 0.100. The SMILES string of the molecule is CN1CCN(Cc2cccc(CNC(=O)CC(NC(=O)c3ccccc3)c3ccccc3)c2)CC1. The van der Waals surface area contributed by atoms with Crippen molar-refractivity contribution in [2.24, 2.45) is 0 Å². The lowest BCUT2D eigenvalue weighted by atomic mass is 10.0. The van der Waals surface area contributed by atoms with Gasteiger partial charge in [0.05, 0.1) is 12.5 Å². The zero-order valence-electron chi connectivity index (χ0n) is 20.3. The summed E-state index contributed by atoms with van der Waals surface area (Å²) in [5.74, 6) is -0.291. The van der Waals surface area contributed by atoms with Crippen LogP contribution < -0.4 is 10.6 Å². The topological polar surface area (TPSA) is 64.7 Å². The molecule has 0 aromatic heterocycles. The Kier molecular flexibility index (Phi) is 8.65. The molecule has 0 aliphatic carbocycles. The molecule has 6 heteroatoms. The number of nitrogens with zero attached hydrogens (tertiary/aromatic N) is 2. The first-order valence-electron chi connectivity index (χ1n) is 12.2. The smallest absolute Gasteiger partial charge is 0.251 e. The number of piperazine rings is 1. The monoisotopic (exact) mass is 470 g/mol. The molecule has 1 saturated heterocycles. The summed E-state index contributed by atoms with van der Waals surface area (Å²) in [6.45, 7) is 5.74. The summed E-state index contributed by atoms with van der Waals surface area (Å²) < 4.78 is 0. The number of carbonyl (C=O) groups excluding carboxylic acids is 2. The van der Waals surface area contributed by atoms with Crippen LogP contribution in [-0.2, 0) is 17.9 Å². The van der Waals surface area contributed by atoms with Crippen molar-refractivity contribution in [3.63, 3.8) is 0 Å². The van der Waals surface area contributed by atoms with Crippen molar-refractivity contribution >= 4 is 11.8 Å². The van der Waals surface area contributed by atoms with E-state index in [-0.39, 0.29) is 18.2 Å². The van der Waals surface area contributed by atoms with Crippen molar-refractivity contribution in [1.29, 1.82) is 0 Å². The molecule has 6 nitrogen and oxygen atoms in total. The highest BCUT2D eigenvalue weighted by atomic mass is 16.2. The molecule has 1 atom stereocenters. The third-order valence-electron chi connectivity index (χ3n) is 6.42. The van der Waals surface area contributed by atoms with Gasteiger partial charge in [0.2, 0.25) is 5.91 Å². The third kappa shape index (κ3) is 7.50. The molecule has 4 rings (SSSR count). The molecule has 2 amide bonds. The molecule has 1 aliphatic heterocycles. The van der Waals surface area contributed by atoms with Crippen LogP contribution in [-0.4, -0.2) is 54.8 Å². The molecule has 0 bridgehead atoms. The number of likely N-dealkylation sites (N-methyl/N-ethyl adjacent to an activating group) is 1. The van der Waals surface area contributed by atoms with Crippen LogP contribution in [0.4, 0.5) is 0 Å². The molecule has 1 aliphatic rings. The summed E-state index contributed by atoms with van der Waals surface area (Å²) in [5, 5.41) is 6.07. The van der Waals surface area contributed by atoms with Crippen molar-refractivity contribution < 1.29 is 9.59 Å². The molecule has 3 aromatic rings. The van der Waals surface area contributed by atoms with E-state index in [0.717, 1.165) is 43.9 Å². The summed E-state index contributed by atoms with van der Waals surface area (Å²) in [6.07, 6.45) is 0.170. The number of hydrogen-bond donors (Lipinski definition) is 2. The number of nitrogens with one attached hydrogen (secondary N) is 2. The fourth-order valence-corrected chi connectivity index (χ4v) is 4.33. The second-order valence-corrected chi connectivity index (χ2v) is 9.18. The molecular weight excluding hydrogens is 436 g/mol. The van der Waals surface area contributed by atoms with E-state index in [9.17, 15) is 9.59 Å². The molecule has 0 spiro atoms. The predicted octanol–water partition coefficient (Wildman–Crippen LogP) is 3.61. The number of amides is 2. The van der Waals surface area contributed by atoms with Crippen LogP contribution >= 0.6 is 0 Å². The first kappa shape index (κ1) is 24.6. The Balaban J connectivity index is 1.34. The van der Waals surface area contributed by atoms with E-state index in [1.807, 2.05) is 54.6 Å². The fraction of sp³-hybridized carbons (Fsp3) is 0.310. The van der Waals surface area contributed by atoms with E-state index in [0.29, 0.717) is 12.1 Å². The Morgan fingerprint density at radius 2 is 1.49 bits per heavy atom. The van der Waals surface area contributed by atoms with Crippen LogP contribution in [0.25, 0.3) is 0 Å². The Morgan fingerprint density at radius 3 is 2.20 bits per heavy atom. The first-order chi connectivity index (χ1) is 17.1. The highest BCUT2D eigenvalue weighted by Crippen LogP contribution is 2.18. The molecule has 1 fully saturated rings. The van der Waals surface area contributed by atoms with Gasteiger partial charge >= 0.3 is 0 Å². The number of hydrogen-bond acceptors (Lipinski definition) is 4. The number of carbonyl (C=O) groups is 2. The van der Waals surface area contributed by atoms with Gasteiger partial charge in [-0.15, -0.1) is 0 Å². The molecule has 0 radical (unpaired) electrons. The summed E-state index contributed by atoms with van der Waals surface area (Å²) in [6, 6.07) is 26.7. The number of benzene rings is 3. The Labute approximate surface area is 207 Å². The zero-order chi connectivity index (χ0) is 24.5. The molecule has 0 saturated carbocycles. The van der Waals surface area contributed by atoms with Gasteiger partial charge in [-0.2, -0.15) is 0 Å².